The summed E-state index contributed by atoms with van der Waals surface area (Å²) in [6.45, 7) is 4.52. The van der Waals surface area contributed by atoms with Gasteiger partial charge < -0.3 is 10.1 Å². The zero-order chi connectivity index (χ0) is 23.8. The first-order valence-electron chi connectivity index (χ1n) is 10.6. The van der Waals surface area contributed by atoms with E-state index in [0.717, 1.165) is 12.5 Å². The lowest BCUT2D eigenvalue weighted by Gasteiger charge is -2.17. The van der Waals surface area contributed by atoms with Crippen LogP contribution in [0, 0.1) is 12.7 Å². The van der Waals surface area contributed by atoms with Crippen LogP contribution in [-0.4, -0.2) is 36.9 Å². The maximum Gasteiger partial charge on any atom is 0.261 e. The third kappa shape index (κ3) is 4.68. The summed E-state index contributed by atoms with van der Waals surface area (Å²) in [6, 6.07) is 5.67. The van der Waals surface area contributed by atoms with Gasteiger partial charge in [0, 0.05) is 12.3 Å². The number of benzene rings is 2. The maximum atomic E-state index is 14.7. The van der Waals surface area contributed by atoms with E-state index in [4.69, 9.17) is 16.3 Å². The van der Waals surface area contributed by atoms with Crippen molar-refractivity contribution < 1.29 is 17.5 Å². The predicted molar refractivity (Wildman–Crippen MR) is 128 cm³/mol. The molecule has 1 aromatic heterocycles. The summed E-state index contributed by atoms with van der Waals surface area (Å²) >= 11 is 6.36. The second-order valence-corrected chi connectivity index (χ2v) is 10.2. The lowest BCUT2D eigenvalue weighted by molar-refractivity contribution is 0.186. The zero-order valence-corrected chi connectivity index (χ0v) is 19.8. The van der Waals surface area contributed by atoms with Gasteiger partial charge in [-0.25, -0.2) is 17.8 Å². The topological polar surface area (TPSA) is 102 Å². The van der Waals surface area contributed by atoms with Crippen molar-refractivity contribution in [1.29, 1.82) is 0 Å². The van der Waals surface area contributed by atoms with Crippen molar-refractivity contribution in [3.05, 3.63) is 57.3 Å². The normalized spacial score (nSPS) is 16.3. The van der Waals surface area contributed by atoms with Gasteiger partial charge in [-0.15, -0.1) is 0 Å². The van der Waals surface area contributed by atoms with Crippen molar-refractivity contribution in [2.75, 3.05) is 29.0 Å². The van der Waals surface area contributed by atoms with E-state index in [1.807, 2.05) is 0 Å². The minimum Gasteiger partial charge on any atom is -0.379 e. The molecule has 1 atom stereocenters. The zero-order valence-electron chi connectivity index (χ0n) is 18.2. The molecule has 3 aromatic rings. The fourth-order valence-electron chi connectivity index (χ4n) is 3.89. The second kappa shape index (κ2) is 9.28. The minimum atomic E-state index is -3.61. The molecule has 33 heavy (non-hydrogen) atoms. The second-order valence-electron chi connectivity index (χ2n) is 7.94. The van der Waals surface area contributed by atoms with Crippen LogP contribution in [0.4, 0.5) is 21.5 Å². The molecule has 2 heterocycles. The van der Waals surface area contributed by atoms with Gasteiger partial charge in [0.25, 0.3) is 5.56 Å². The molecule has 8 nitrogen and oxygen atoms in total. The average molecular weight is 495 g/mol. The van der Waals surface area contributed by atoms with E-state index in [1.54, 1.807) is 30.5 Å². The molecular weight excluding hydrogens is 471 g/mol. The van der Waals surface area contributed by atoms with Gasteiger partial charge in [-0.3, -0.25) is 14.1 Å². The molecule has 0 saturated carbocycles. The highest BCUT2D eigenvalue weighted by atomic mass is 35.5. The summed E-state index contributed by atoms with van der Waals surface area (Å²) < 4.78 is 48.3. The summed E-state index contributed by atoms with van der Waals surface area (Å²) in [4.78, 5) is 17.6. The molecule has 11 heteroatoms. The quantitative estimate of drug-likeness (QED) is 0.506. The molecule has 0 spiro atoms. The summed E-state index contributed by atoms with van der Waals surface area (Å²) in [7, 11) is -3.61. The first-order chi connectivity index (χ1) is 15.7. The first-order valence-corrected chi connectivity index (χ1v) is 12.6. The molecular formula is C22H24ClFN4O4S. The van der Waals surface area contributed by atoms with E-state index in [1.165, 1.54) is 12.4 Å². The van der Waals surface area contributed by atoms with E-state index < -0.39 is 15.8 Å². The van der Waals surface area contributed by atoms with E-state index in [2.05, 4.69) is 15.0 Å². The number of anilines is 3. The van der Waals surface area contributed by atoms with E-state index in [9.17, 15) is 17.6 Å². The summed E-state index contributed by atoms with van der Waals surface area (Å²) in [6.07, 6.45) is 2.68. The Bertz CT molecular complexity index is 1370. The summed E-state index contributed by atoms with van der Waals surface area (Å²) in [5.41, 5.74) is 1.32. The SMILES string of the molecule is CCCS(=O)(=O)Nc1ccc(F)c(Nc2ccc3ncn(C4CCOC4)c(=O)c3c2C)c1Cl. The molecule has 1 aliphatic rings. The standard InChI is InChI=1S/C22H24ClFN4O4S/c1-3-10-33(30,31)27-18-5-4-15(24)21(20(18)23)26-16-6-7-17-19(13(16)2)22(29)28(12-25-17)14-8-9-32-11-14/h4-7,12,14,26-27H,3,8-11H2,1-2H3. The van der Waals surface area contributed by atoms with Crippen molar-refractivity contribution in [2.45, 2.75) is 32.7 Å². The van der Waals surface area contributed by atoms with E-state index >= 15 is 0 Å². The number of nitrogens with zero attached hydrogens (tertiary/aromatic N) is 2. The van der Waals surface area contributed by atoms with Gasteiger partial charge >= 0.3 is 0 Å². The third-order valence-corrected chi connectivity index (χ3v) is 7.47. The van der Waals surface area contributed by atoms with Crippen molar-refractivity contribution in [3.63, 3.8) is 0 Å². The monoisotopic (exact) mass is 494 g/mol. The fourth-order valence-corrected chi connectivity index (χ4v) is 5.33. The summed E-state index contributed by atoms with van der Waals surface area (Å²) in [5, 5.41) is 3.23. The van der Waals surface area contributed by atoms with Crippen molar-refractivity contribution in [1.82, 2.24) is 9.55 Å². The molecule has 0 aliphatic carbocycles. The number of rotatable bonds is 7. The molecule has 1 saturated heterocycles. The van der Waals surface area contributed by atoms with Gasteiger partial charge in [0.1, 0.15) is 5.82 Å². The van der Waals surface area contributed by atoms with Crippen LogP contribution in [0.1, 0.15) is 31.4 Å². The number of aromatic nitrogens is 2. The molecule has 0 bridgehead atoms. The largest absolute Gasteiger partial charge is 0.379 e. The smallest absolute Gasteiger partial charge is 0.261 e. The Morgan fingerprint density at radius 1 is 1.27 bits per heavy atom. The number of halogens is 2. The van der Waals surface area contributed by atoms with Gasteiger partial charge in [-0.1, -0.05) is 18.5 Å². The first kappa shape index (κ1) is 23.5. The number of hydrogen-bond acceptors (Lipinski definition) is 6. The minimum absolute atomic E-state index is 0.0673. The lowest BCUT2D eigenvalue weighted by Crippen LogP contribution is -2.26. The molecule has 176 valence electrons. The highest BCUT2D eigenvalue weighted by Gasteiger charge is 2.22. The van der Waals surface area contributed by atoms with Crippen molar-refractivity contribution in [3.8, 4) is 0 Å². The molecule has 1 fully saturated rings. The van der Waals surface area contributed by atoms with Crippen LogP contribution in [-0.2, 0) is 14.8 Å². The Hall–Kier alpha value is -2.69. The Morgan fingerprint density at radius 3 is 2.73 bits per heavy atom. The summed E-state index contributed by atoms with van der Waals surface area (Å²) in [5.74, 6) is -0.747. The Kier molecular flexibility index (Phi) is 6.60. The van der Waals surface area contributed by atoms with E-state index in [0.29, 0.717) is 41.8 Å². The Morgan fingerprint density at radius 2 is 2.03 bits per heavy atom. The molecule has 1 unspecified atom stereocenters. The molecule has 2 N–H and O–H groups in total. The molecule has 2 aromatic carbocycles. The number of nitrogens with one attached hydrogen (secondary N) is 2. The fraction of sp³-hybridized carbons (Fsp3) is 0.364. The molecule has 0 radical (unpaired) electrons. The predicted octanol–water partition coefficient (Wildman–Crippen LogP) is 4.35. The van der Waals surface area contributed by atoms with Crippen molar-refractivity contribution >= 4 is 49.6 Å². The van der Waals surface area contributed by atoms with Gasteiger partial charge in [0.05, 0.1) is 52.0 Å². The van der Waals surface area contributed by atoms with Gasteiger partial charge in [0.15, 0.2) is 0 Å². The van der Waals surface area contributed by atoms with Crippen LogP contribution in [0.25, 0.3) is 10.9 Å². The molecule has 4 rings (SSSR count). The average Bonchev–Trinajstić information content (AvgIpc) is 3.29. The van der Waals surface area contributed by atoms with Crippen LogP contribution < -0.4 is 15.6 Å². The lowest BCUT2D eigenvalue weighted by atomic mass is 10.1. The van der Waals surface area contributed by atoms with Crippen LogP contribution in [0.3, 0.4) is 0 Å². The van der Waals surface area contributed by atoms with Crippen LogP contribution in [0.5, 0.6) is 0 Å². The van der Waals surface area contributed by atoms with Crippen LogP contribution in [0.15, 0.2) is 35.4 Å². The highest BCUT2D eigenvalue weighted by molar-refractivity contribution is 7.92. The van der Waals surface area contributed by atoms with Crippen LogP contribution in [0.2, 0.25) is 5.02 Å². The van der Waals surface area contributed by atoms with Crippen LogP contribution >= 0.6 is 11.6 Å². The van der Waals surface area contributed by atoms with Gasteiger partial charge in [-0.2, -0.15) is 0 Å². The number of hydrogen-bond donors (Lipinski definition) is 2. The molecule has 0 amide bonds. The van der Waals surface area contributed by atoms with Crippen molar-refractivity contribution in [2.24, 2.45) is 0 Å². The number of ether oxygens (including phenoxy) is 1. The maximum absolute atomic E-state index is 14.7. The van der Waals surface area contributed by atoms with E-state index in [-0.39, 0.29) is 33.8 Å². The van der Waals surface area contributed by atoms with Gasteiger partial charge in [-0.05, 0) is 49.6 Å². The highest BCUT2D eigenvalue weighted by Crippen LogP contribution is 2.36. The number of aryl methyl sites for hydroxylation is 1. The Balaban J connectivity index is 1.75. The number of sulfonamides is 1. The number of fused-ring (bicyclic) bond motifs is 1. The third-order valence-electron chi connectivity index (χ3n) is 5.60. The van der Waals surface area contributed by atoms with Gasteiger partial charge in [0.2, 0.25) is 10.0 Å². The molecule has 1 aliphatic heterocycles. The Labute approximate surface area is 195 Å².